The molecule has 0 aliphatic carbocycles. The molecular formula is C24H17Cl2NO3. The van der Waals surface area contributed by atoms with Crippen LogP contribution in [0.15, 0.2) is 80.9 Å². The van der Waals surface area contributed by atoms with Crippen LogP contribution in [-0.2, 0) is 0 Å². The van der Waals surface area contributed by atoms with Gasteiger partial charge in [0.25, 0.3) is 0 Å². The van der Waals surface area contributed by atoms with Crippen LogP contribution in [0.1, 0.15) is 28.3 Å². The van der Waals surface area contributed by atoms with Gasteiger partial charge in [-0.05, 0) is 42.3 Å². The van der Waals surface area contributed by atoms with Crippen LogP contribution in [-0.4, -0.2) is 11.3 Å². The van der Waals surface area contributed by atoms with Gasteiger partial charge in [-0.25, -0.2) is 4.79 Å². The second kappa shape index (κ2) is 8.34. The predicted octanol–water partition coefficient (Wildman–Crippen LogP) is 6.32. The van der Waals surface area contributed by atoms with E-state index in [0.29, 0.717) is 32.1 Å². The molecule has 0 aliphatic rings. The number of aromatic hydroxyl groups is 1. The summed E-state index contributed by atoms with van der Waals surface area (Å²) in [6.45, 7) is 1.82. The molecule has 4 aromatic rings. The molecule has 0 fully saturated rings. The molecule has 0 saturated carbocycles. The first kappa shape index (κ1) is 20.2. The molecule has 0 aliphatic heterocycles. The molecule has 1 heterocycles. The highest BCUT2D eigenvalue weighted by Gasteiger charge is 2.24. The van der Waals surface area contributed by atoms with Crippen molar-refractivity contribution in [2.24, 2.45) is 4.99 Å². The highest BCUT2D eigenvalue weighted by atomic mass is 35.5. The molecule has 0 bridgehead atoms. The summed E-state index contributed by atoms with van der Waals surface area (Å²) in [6.07, 6.45) is 1.63. The van der Waals surface area contributed by atoms with E-state index in [1.165, 1.54) is 6.07 Å². The monoisotopic (exact) mass is 437 g/mol. The van der Waals surface area contributed by atoms with Crippen LogP contribution in [0.5, 0.6) is 5.75 Å². The van der Waals surface area contributed by atoms with Crippen molar-refractivity contribution in [3.63, 3.8) is 0 Å². The molecule has 0 saturated heterocycles. The van der Waals surface area contributed by atoms with E-state index in [2.05, 4.69) is 0 Å². The molecule has 0 spiro atoms. The van der Waals surface area contributed by atoms with Crippen molar-refractivity contribution in [2.75, 3.05) is 0 Å². The third-order valence-corrected chi connectivity index (χ3v) is 5.56. The number of phenolic OH excluding ortho intramolecular Hbond substituents is 1. The first-order valence-electron chi connectivity index (χ1n) is 9.24. The minimum Gasteiger partial charge on any atom is -0.507 e. The lowest BCUT2D eigenvalue weighted by molar-refractivity contribution is 0.462. The lowest BCUT2D eigenvalue weighted by atomic mass is 9.95. The third kappa shape index (κ3) is 3.84. The summed E-state index contributed by atoms with van der Waals surface area (Å²) in [7, 11) is 0. The number of hydrogen-bond acceptors (Lipinski definition) is 4. The highest BCUT2D eigenvalue weighted by molar-refractivity contribution is 6.33. The average molecular weight is 438 g/mol. The van der Waals surface area contributed by atoms with E-state index in [0.717, 1.165) is 5.56 Å². The topological polar surface area (TPSA) is 62.8 Å². The van der Waals surface area contributed by atoms with E-state index in [4.69, 9.17) is 32.6 Å². The van der Waals surface area contributed by atoms with Crippen molar-refractivity contribution in [1.29, 1.82) is 0 Å². The number of nitrogens with zero attached hydrogens (tertiary/aromatic N) is 1. The van der Waals surface area contributed by atoms with Crippen molar-refractivity contribution in [3.05, 3.63) is 109 Å². The molecule has 6 heteroatoms. The zero-order chi connectivity index (χ0) is 21.3. The summed E-state index contributed by atoms with van der Waals surface area (Å²) < 4.78 is 5.51. The smallest absolute Gasteiger partial charge is 0.336 e. The van der Waals surface area contributed by atoms with Crippen molar-refractivity contribution in [2.45, 2.75) is 13.0 Å². The van der Waals surface area contributed by atoms with Crippen molar-refractivity contribution in [1.82, 2.24) is 0 Å². The summed E-state index contributed by atoms with van der Waals surface area (Å²) >= 11 is 12.7. The summed E-state index contributed by atoms with van der Waals surface area (Å²) in [5, 5.41) is 12.5. The number of aliphatic imine (C=N–C) groups is 1. The van der Waals surface area contributed by atoms with E-state index in [-0.39, 0.29) is 11.3 Å². The second-order valence-electron chi connectivity index (χ2n) is 6.85. The Hall–Kier alpha value is -3.08. The molecule has 30 heavy (non-hydrogen) atoms. The molecule has 1 atom stereocenters. The normalized spacial score (nSPS) is 12.5. The van der Waals surface area contributed by atoms with Gasteiger partial charge in [0.2, 0.25) is 0 Å². The standard InChI is InChI=1S/C24H17Cl2NO3/c1-14-12-21(29)30-24-16(14)10-11-20(28)22(24)23(17-7-3-5-9-19(17)26)27-13-15-6-2-4-8-18(15)25/h2-13,23,28H,1H3. The van der Waals surface area contributed by atoms with E-state index in [1.807, 2.05) is 43.3 Å². The van der Waals surface area contributed by atoms with Crippen molar-refractivity contribution < 1.29 is 9.52 Å². The Morgan fingerprint density at radius 1 is 1.00 bits per heavy atom. The van der Waals surface area contributed by atoms with Crippen LogP contribution >= 0.6 is 23.2 Å². The van der Waals surface area contributed by atoms with Gasteiger partial charge in [0, 0.05) is 33.3 Å². The van der Waals surface area contributed by atoms with Crippen LogP contribution < -0.4 is 5.63 Å². The first-order chi connectivity index (χ1) is 14.5. The first-order valence-corrected chi connectivity index (χ1v) is 10.00. The predicted molar refractivity (Wildman–Crippen MR) is 121 cm³/mol. The largest absolute Gasteiger partial charge is 0.507 e. The fraction of sp³-hybridized carbons (Fsp3) is 0.0833. The Morgan fingerprint density at radius 3 is 2.43 bits per heavy atom. The fourth-order valence-corrected chi connectivity index (χ4v) is 3.82. The molecule has 1 unspecified atom stereocenters. The minimum atomic E-state index is -0.719. The molecule has 1 aromatic heterocycles. The van der Waals surface area contributed by atoms with Gasteiger partial charge >= 0.3 is 5.63 Å². The van der Waals surface area contributed by atoms with Gasteiger partial charge in [-0.15, -0.1) is 0 Å². The molecule has 4 rings (SSSR count). The summed E-state index contributed by atoms with van der Waals surface area (Å²) in [4.78, 5) is 16.8. The minimum absolute atomic E-state index is 0.0440. The molecule has 1 N–H and O–H groups in total. The van der Waals surface area contributed by atoms with Crippen LogP contribution in [0.3, 0.4) is 0 Å². The van der Waals surface area contributed by atoms with E-state index < -0.39 is 11.7 Å². The SMILES string of the molecule is Cc1cc(=O)oc2c(C(N=Cc3ccccc3Cl)c3ccccc3Cl)c(O)ccc12. The van der Waals surface area contributed by atoms with Gasteiger partial charge in [-0.3, -0.25) is 4.99 Å². The quantitative estimate of drug-likeness (QED) is 0.300. The Morgan fingerprint density at radius 2 is 1.70 bits per heavy atom. The van der Waals surface area contributed by atoms with Gasteiger partial charge in [0.1, 0.15) is 17.4 Å². The number of fused-ring (bicyclic) bond motifs is 1. The Bertz CT molecular complexity index is 1330. The van der Waals surface area contributed by atoms with Gasteiger partial charge < -0.3 is 9.52 Å². The fourth-order valence-electron chi connectivity index (χ4n) is 3.40. The Balaban J connectivity index is 2.00. The average Bonchev–Trinajstić information content (AvgIpc) is 2.71. The maximum atomic E-state index is 12.1. The van der Waals surface area contributed by atoms with Gasteiger partial charge in [-0.2, -0.15) is 0 Å². The van der Waals surface area contributed by atoms with Gasteiger partial charge in [-0.1, -0.05) is 59.6 Å². The summed E-state index contributed by atoms with van der Waals surface area (Å²) in [5.74, 6) is -0.0440. The van der Waals surface area contributed by atoms with Crippen LogP contribution in [0.2, 0.25) is 10.0 Å². The summed E-state index contributed by atoms with van der Waals surface area (Å²) in [6, 6.07) is 18.5. The number of benzene rings is 3. The number of halogens is 2. The van der Waals surface area contributed by atoms with Gasteiger partial charge in [0.15, 0.2) is 0 Å². The molecule has 0 amide bonds. The van der Waals surface area contributed by atoms with Crippen molar-refractivity contribution >= 4 is 40.4 Å². The van der Waals surface area contributed by atoms with E-state index in [9.17, 15) is 9.90 Å². The third-order valence-electron chi connectivity index (χ3n) is 4.88. The maximum Gasteiger partial charge on any atom is 0.336 e. The number of phenols is 1. The Labute approximate surface area is 183 Å². The summed E-state index contributed by atoms with van der Waals surface area (Å²) in [5.41, 5.74) is 2.27. The zero-order valence-electron chi connectivity index (χ0n) is 16.0. The van der Waals surface area contributed by atoms with E-state index in [1.54, 1.807) is 30.5 Å². The highest BCUT2D eigenvalue weighted by Crippen LogP contribution is 2.40. The van der Waals surface area contributed by atoms with E-state index >= 15 is 0 Å². The number of aryl methyl sites for hydroxylation is 1. The van der Waals surface area contributed by atoms with Gasteiger partial charge in [0.05, 0.1) is 5.56 Å². The maximum absolute atomic E-state index is 12.1. The molecular weight excluding hydrogens is 421 g/mol. The van der Waals surface area contributed by atoms with Crippen LogP contribution in [0.25, 0.3) is 11.0 Å². The zero-order valence-corrected chi connectivity index (χ0v) is 17.5. The second-order valence-corrected chi connectivity index (χ2v) is 7.66. The van der Waals surface area contributed by atoms with Crippen LogP contribution in [0.4, 0.5) is 0 Å². The Kier molecular flexibility index (Phi) is 5.62. The molecule has 4 nitrogen and oxygen atoms in total. The van der Waals surface area contributed by atoms with Crippen LogP contribution in [0, 0.1) is 6.92 Å². The lowest BCUT2D eigenvalue weighted by Crippen LogP contribution is -2.05. The number of rotatable bonds is 4. The molecule has 150 valence electrons. The van der Waals surface area contributed by atoms with Crippen molar-refractivity contribution in [3.8, 4) is 5.75 Å². The molecule has 3 aromatic carbocycles. The number of hydrogen-bond donors (Lipinski definition) is 1. The lowest BCUT2D eigenvalue weighted by Gasteiger charge is -2.18. The molecule has 0 radical (unpaired) electrons.